The van der Waals surface area contributed by atoms with Crippen LogP contribution in [0.1, 0.15) is 21.6 Å². The molecular weight excluding hydrogens is 296 g/mol. The average Bonchev–Trinajstić information content (AvgIpc) is 3.03. The number of hydrogen-bond donors (Lipinski definition) is 2. The summed E-state index contributed by atoms with van der Waals surface area (Å²) in [6, 6.07) is 16.9. The third kappa shape index (κ3) is 2.90. The minimum atomic E-state index is -0.113. The number of nitrogens with one attached hydrogen (secondary N) is 2. The standard InChI is InChI=1S/C18H15ClN2O/c1-12-5-2-3-6-16(12)21-13-8-9-14(15(19)11-13)18(22)17-7-4-10-20-17/h2-11,20-21H,1H3. The van der Waals surface area contributed by atoms with Crippen molar-refractivity contribution in [3.05, 3.63) is 82.6 Å². The lowest BCUT2D eigenvalue weighted by molar-refractivity contribution is 0.103. The van der Waals surface area contributed by atoms with Gasteiger partial charge >= 0.3 is 0 Å². The van der Waals surface area contributed by atoms with Gasteiger partial charge in [-0.25, -0.2) is 0 Å². The molecule has 0 unspecified atom stereocenters. The first-order valence-corrected chi connectivity index (χ1v) is 7.33. The topological polar surface area (TPSA) is 44.9 Å². The monoisotopic (exact) mass is 310 g/mol. The lowest BCUT2D eigenvalue weighted by Gasteiger charge is -2.11. The summed E-state index contributed by atoms with van der Waals surface area (Å²) in [4.78, 5) is 15.2. The second-order valence-electron chi connectivity index (χ2n) is 5.05. The molecule has 0 fully saturated rings. The van der Waals surface area contributed by atoms with Gasteiger partial charge < -0.3 is 10.3 Å². The Kier molecular flexibility index (Phi) is 3.98. The van der Waals surface area contributed by atoms with Gasteiger partial charge in [0, 0.05) is 23.1 Å². The highest BCUT2D eigenvalue weighted by Gasteiger charge is 2.14. The van der Waals surface area contributed by atoms with Crippen LogP contribution in [0, 0.1) is 6.92 Å². The van der Waals surface area contributed by atoms with Gasteiger partial charge in [-0.15, -0.1) is 0 Å². The number of carbonyl (C=O) groups is 1. The molecule has 3 aromatic rings. The zero-order chi connectivity index (χ0) is 15.5. The predicted octanol–water partition coefficient (Wildman–Crippen LogP) is 4.95. The fourth-order valence-electron chi connectivity index (χ4n) is 2.26. The van der Waals surface area contributed by atoms with E-state index in [-0.39, 0.29) is 5.78 Å². The molecule has 22 heavy (non-hydrogen) atoms. The largest absolute Gasteiger partial charge is 0.359 e. The number of aromatic amines is 1. The molecule has 2 aromatic carbocycles. The number of ketones is 1. The highest BCUT2D eigenvalue weighted by atomic mass is 35.5. The summed E-state index contributed by atoms with van der Waals surface area (Å²) in [5.74, 6) is -0.113. The third-order valence-electron chi connectivity index (χ3n) is 3.48. The van der Waals surface area contributed by atoms with Crippen LogP contribution in [-0.2, 0) is 0 Å². The first kappa shape index (κ1) is 14.4. The highest BCUT2D eigenvalue weighted by molar-refractivity contribution is 6.35. The molecule has 3 nitrogen and oxygen atoms in total. The Labute approximate surface area is 133 Å². The maximum atomic E-state index is 12.3. The zero-order valence-corrected chi connectivity index (χ0v) is 12.8. The van der Waals surface area contributed by atoms with E-state index in [1.165, 1.54) is 0 Å². The molecule has 0 saturated heterocycles. The van der Waals surface area contributed by atoms with Gasteiger partial charge in [-0.05, 0) is 48.9 Å². The van der Waals surface area contributed by atoms with Crippen LogP contribution in [-0.4, -0.2) is 10.8 Å². The average molecular weight is 311 g/mol. The summed E-state index contributed by atoms with van der Waals surface area (Å²) in [5.41, 5.74) is 4.02. The van der Waals surface area contributed by atoms with Gasteiger partial charge in [0.2, 0.25) is 5.78 Å². The quantitative estimate of drug-likeness (QED) is 0.670. The molecule has 110 valence electrons. The Bertz CT molecular complexity index is 810. The van der Waals surface area contributed by atoms with Crippen molar-refractivity contribution in [1.82, 2.24) is 4.98 Å². The van der Waals surface area contributed by atoms with E-state index in [4.69, 9.17) is 11.6 Å². The molecule has 0 aliphatic heterocycles. The van der Waals surface area contributed by atoms with E-state index in [1.807, 2.05) is 37.3 Å². The number of anilines is 2. The Morgan fingerprint density at radius 3 is 2.59 bits per heavy atom. The smallest absolute Gasteiger partial charge is 0.210 e. The van der Waals surface area contributed by atoms with Gasteiger partial charge in [-0.3, -0.25) is 4.79 Å². The zero-order valence-electron chi connectivity index (χ0n) is 12.1. The molecular formula is C18H15ClN2O. The number of H-pyrrole nitrogens is 1. The second-order valence-corrected chi connectivity index (χ2v) is 5.45. The van der Waals surface area contributed by atoms with Crippen molar-refractivity contribution < 1.29 is 4.79 Å². The van der Waals surface area contributed by atoms with Crippen LogP contribution >= 0.6 is 11.6 Å². The van der Waals surface area contributed by atoms with Crippen LogP contribution < -0.4 is 5.32 Å². The van der Waals surface area contributed by atoms with Crippen molar-refractivity contribution in [2.24, 2.45) is 0 Å². The van der Waals surface area contributed by atoms with Crippen LogP contribution in [0.5, 0.6) is 0 Å². The Balaban J connectivity index is 1.87. The number of carbonyl (C=O) groups excluding carboxylic acids is 1. The highest BCUT2D eigenvalue weighted by Crippen LogP contribution is 2.26. The van der Waals surface area contributed by atoms with Gasteiger partial charge in [0.05, 0.1) is 10.7 Å². The molecule has 0 saturated carbocycles. The van der Waals surface area contributed by atoms with Gasteiger partial charge in [0.25, 0.3) is 0 Å². The predicted molar refractivity (Wildman–Crippen MR) is 90.1 cm³/mol. The maximum absolute atomic E-state index is 12.3. The number of aromatic nitrogens is 1. The van der Waals surface area contributed by atoms with E-state index in [2.05, 4.69) is 10.3 Å². The molecule has 0 aliphatic rings. The summed E-state index contributed by atoms with van der Waals surface area (Å²) in [6.45, 7) is 2.03. The summed E-state index contributed by atoms with van der Waals surface area (Å²) in [6.07, 6.45) is 1.72. The van der Waals surface area contributed by atoms with Crippen molar-refractivity contribution in [3.63, 3.8) is 0 Å². The molecule has 4 heteroatoms. The van der Waals surface area contributed by atoms with Crippen molar-refractivity contribution in [2.75, 3.05) is 5.32 Å². The van der Waals surface area contributed by atoms with Gasteiger partial charge in [-0.2, -0.15) is 0 Å². The van der Waals surface area contributed by atoms with Crippen LogP contribution in [0.2, 0.25) is 5.02 Å². The molecule has 0 atom stereocenters. The minimum Gasteiger partial charge on any atom is -0.359 e. The molecule has 1 aromatic heterocycles. The number of benzene rings is 2. The molecule has 1 heterocycles. The SMILES string of the molecule is Cc1ccccc1Nc1ccc(C(=O)c2ccc[nH]2)c(Cl)c1. The summed E-state index contributed by atoms with van der Waals surface area (Å²) >= 11 is 6.27. The molecule has 3 rings (SSSR count). The van der Waals surface area contributed by atoms with Crippen molar-refractivity contribution >= 4 is 28.8 Å². The number of aryl methyl sites for hydroxylation is 1. The summed E-state index contributed by atoms with van der Waals surface area (Å²) in [5, 5.41) is 3.74. The minimum absolute atomic E-state index is 0.113. The van der Waals surface area contributed by atoms with Gasteiger partial charge in [-0.1, -0.05) is 29.8 Å². The van der Waals surface area contributed by atoms with E-state index < -0.39 is 0 Å². The number of para-hydroxylation sites is 1. The third-order valence-corrected chi connectivity index (χ3v) is 3.79. The molecule has 0 spiro atoms. The summed E-state index contributed by atoms with van der Waals surface area (Å²) in [7, 11) is 0. The molecule has 0 bridgehead atoms. The lowest BCUT2D eigenvalue weighted by Crippen LogP contribution is -2.03. The van der Waals surface area contributed by atoms with E-state index in [9.17, 15) is 4.79 Å². The number of halogens is 1. The van der Waals surface area contributed by atoms with Crippen molar-refractivity contribution in [1.29, 1.82) is 0 Å². The Hall–Kier alpha value is -2.52. The Morgan fingerprint density at radius 1 is 1.09 bits per heavy atom. The Morgan fingerprint density at radius 2 is 1.91 bits per heavy atom. The first-order chi connectivity index (χ1) is 10.6. The lowest BCUT2D eigenvalue weighted by atomic mass is 10.1. The van der Waals surface area contributed by atoms with Gasteiger partial charge in [0.15, 0.2) is 0 Å². The molecule has 0 radical (unpaired) electrons. The van der Waals surface area contributed by atoms with E-state index in [0.717, 1.165) is 16.9 Å². The number of hydrogen-bond acceptors (Lipinski definition) is 2. The van der Waals surface area contributed by atoms with Crippen molar-refractivity contribution in [3.8, 4) is 0 Å². The first-order valence-electron chi connectivity index (χ1n) is 6.95. The normalized spacial score (nSPS) is 10.5. The van der Waals surface area contributed by atoms with Crippen LogP contribution in [0.15, 0.2) is 60.8 Å². The van der Waals surface area contributed by atoms with Crippen LogP contribution in [0.25, 0.3) is 0 Å². The maximum Gasteiger partial charge on any atom is 0.210 e. The van der Waals surface area contributed by atoms with E-state index >= 15 is 0 Å². The fraction of sp³-hybridized carbons (Fsp3) is 0.0556. The molecule has 0 aliphatic carbocycles. The second kappa shape index (κ2) is 6.08. The molecule has 2 N–H and O–H groups in total. The molecule has 0 amide bonds. The fourth-order valence-corrected chi connectivity index (χ4v) is 2.53. The van der Waals surface area contributed by atoms with Crippen molar-refractivity contribution in [2.45, 2.75) is 6.92 Å². The van der Waals surface area contributed by atoms with Crippen LogP contribution in [0.3, 0.4) is 0 Å². The van der Waals surface area contributed by atoms with Crippen LogP contribution in [0.4, 0.5) is 11.4 Å². The van der Waals surface area contributed by atoms with Gasteiger partial charge in [0.1, 0.15) is 0 Å². The number of rotatable bonds is 4. The summed E-state index contributed by atoms with van der Waals surface area (Å²) < 4.78 is 0. The van der Waals surface area contributed by atoms with E-state index in [0.29, 0.717) is 16.3 Å². The van der Waals surface area contributed by atoms with E-state index in [1.54, 1.807) is 30.5 Å².